The first-order valence-corrected chi connectivity index (χ1v) is 6.48. The van der Waals surface area contributed by atoms with Gasteiger partial charge in [0.05, 0.1) is 11.2 Å². The summed E-state index contributed by atoms with van der Waals surface area (Å²) in [5.41, 5.74) is 1.01. The fourth-order valence-corrected chi connectivity index (χ4v) is 2.21. The van der Waals surface area contributed by atoms with E-state index in [0.29, 0.717) is 0 Å². The number of aromatic nitrogens is 3. The third-order valence-electron chi connectivity index (χ3n) is 4.14. The molecule has 1 aliphatic rings. The third-order valence-corrected chi connectivity index (χ3v) is 4.14. The van der Waals surface area contributed by atoms with Gasteiger partial charge in [-0.3, -0.25) is 4.40 Å². The predicted octanol–water partition coefficient (Wildman–Crippen LogP) is 1.34. The Bertz CT molecular complexity index is 620. The first-order chi connectivity index (χ1) is 8.82. The molecule has 1 aliphatic heterocycles. The molecule has 100 valence electrons. The van der Waals surface area contributed by atoms with Gasteiger partial charge in [-0.1, -0.05) is 6.07 Å². The minimum atomic E-state index is -0.405. The summed E-state index contributed by atoms with van der Waals surface area (Å²) in [6, 6.07) is 3.94. The Hall–Kier alpha value is -1.40. The normalized spacial score (nSPS) is 21.2. The van der Waals surface area contributed by atoms with E-state index in [0.717, 1.165) is 16.9 Å². The topological polar surface area (TPSA) is 48.7 Å². The summed E-state index contributed by atoms with van der Waals surface area (Å²) >= 11 is 0. The molecule has 0 saturated carbocycles. The van der Waals surface area contributed by atoms with Crippen molar-refractivity contribution in [1.29, 1.82) is 0 Å². The lowest BCUT2D eigenvalue weighted by Gasteiger charge is -2.32. The van der Waals surface area contributed by atoms with Gasteiger partial charge in [-0.05, 0) is 40.7 Å². The van der Waals surface area contributed by atoms with Gasteiger partial charge in [-0.15, -0.1) is 10.2 Å². The molecule has 0 N–H and O–H groups in total. The van der Waals surface area contributed by atoms with Crippen molar-refractivity contribution in [2.75, 3.05) is 0 Å². The zero-order valence-corrected chi connectivity index (χ0v) is 12.0. The minimum absolute atomic E-state index is 0.348. The van der Waals surface area contributed by atoms with E-state index in [4.69, 9.17) is 9.31 Å². The van der Waals surface area contributed by atoms with Crippen LogP contribution in [-0.4, -0.2) is 32.9 Å². The van der Waals surface area contributed by atoms with Gasteiger partial charge in [0.1, 0.15) is 5.82 Å². The van der Waals surface area contributed by atoms with Gasteiger partial charge < -0.3 is 9.31 Å². The number of rotatable bonds is 1. The molecule has 0 amide bonds. The molecule has 0 atom stereocenters. The number of fused-ring (bicyclic) bond motifs is 1. The van der Waals surface area contributed by atoms with Crippen LogP contribution >= 0.6 is 0 Å². The largest absolute Gasteiger partial charge is 0.498 e. The molecular formula is C13H18BN3O2. The summed E-state index contributed by atoms with van der Waals surface area (Å²) in [6.07, 6.45) is 1.94. The molecule has 1 saturated heterocycles. The fourth-order valence-electron chi connectivity index (χ4n) is 2.21. The molecule has 0 bridgehead atoms. The van der Waals surface area contributed by atoms with Crippen molar-refractivity contribution in [3.05, 3.63) is 24.2 Å². The van der Waals surface area contributed by atoms with E-state index >= 15 is 0 Å². The minimum Gasteiger partial charge on any atom is -0.399 e. The quantitative estimate of drug-likeness (QED) is 0.725. The summed E-state index contributed by atoms with van der Waals surface area (Å²) in [5, 5.41) is 8.31. The first-order valence-electron chi connectivity index (χ1n) is 6.48. The molecule has 19 heavy (non-hydrogen) atoms. The van der Waals surface area contributed by atoms with Crippen LogP contribution in [0, 0.1) is 6.92 Å². The van der Waals surface area contributed by atoms with Gasteiger partial charge >= 0.3 is 7.12 Å². The highest BCUT2D eigenvalue weighted by molar-refractivity contribution is 6.64. The van der Waals surface area contributed by atoms with Gasteiger partial charge in [0, 0.05) is 11.7 Å². The number of aryl methyl sites for hydroxylation is 1. The maximum Gasteiger partial charge on any atom is 0.498 e. The van der Waals surface area contributed by atoms with E-state index in [9.17, 15) is 0 Å². The summed E-state index contributed by atoms with van der Waals surface area (Å²) in [6.45, 7) is 10.1. The van der Waals surface area contributed by atoms with Crippen molar-refractivity contribution in [3.8, 4) is 0 Å². The van der Waals surface area contributed by atoms with Crippen molar-refractivity contribution in [1.82, 2.24) is 14.6 Å². The number of pyridine rings is 1. The SMILES string of the molecule is Cc1nnc2c(B3OC(C)(C)C(C)(C)O3)cccn12. The standard InChI is InChI=1S/C13H18BN3O2/c1-9-15-16-11-10(7-6-8-17(9)11)14-18-12(2,3)13(4,5)19-14/h6-8H,1-5H3. The molecule has 6 heteroatoms. The Morgan fingerprint density at radius 3 is 2.37 bits per heavy atom. The van der Waals surface area contributed by atoms with Gasteiger partial charge in [0.25, 0.3) is 0 Å². The molecule has 5 nitrogen and oxygen atoms in total. The molecule has 2 aromatic rings. The highest BCUT2D eigenvalue weighted by Crippen LogP contribution is 2.36. The molecule has 3 rings (SSSR count). The van der Waals surface area contributed by atoms with Gasteiger partial charge in [0.15, 0.2) is 5.65 Å². The molecule has 2 aromatic heterocycles. The Balaban J connectivity index is 2.07. The zero-order valence-electron chi connectivity index (χ0n) is 12.0. The van der Waals surface area contributed by atoms with Gasteiger partial charge in [0.2, 0.25) is 0 Å². The van der Waals surface area contributed by atoms with E-state index in [-0.39, 0.29) is 11.2 Å². The molecular weight excluding hydrogens is 241 g/mol. The second-order valence-corrected chi connectivity index (χ2v) is 5.99. The molecule has 0 unspecified atom stereocenters. The maximum absolute atomic E-state index is 6.06. The smallest absolute Gasteiger partial charge is 0.399 e. The number of hydrogen-bond donors (Lipinski definition) is 0. The Morgan fingerprint density at radius 1 is 1.11 bits per heavy atom. The molecule has 0 spiro atoms. The average molecular weight is 259 g/mol. The van der Waals surface area contributed by atoms with Gasteiger partial charge in [-0.2, -0.15) is 0 Å². The molecule has 0 aromatic carbocycles. The fraction of sp³-hybridized carbons (Fsp3) is 0.538. The van der Waals surface area contributed by atoms with Crippen LogP contribution in [0.1, 0.15) is 33.5 Å². The van der Waals surface area contributed by atoms with E-state index in [1.807, 2.05) is 57.3 Å². The number of hydrogen-bond acceptors (Lipinski definition) is 4. The van der Waals surface area contributed by atoms with E-state index in [1.165, 1.54) is 0 Å². The van der Waals surface area contributed by atoms with Crippen molar-refractivity contribution in [2.24, 2.45) is 0 Å². The average Bonchev–Trinajstić information content (AvgIpc) is 2.78. The molecule has 3 heterocycles. The highest BCUT2D eigenvalue weighted by atomic mass is 16.7. The van der Waals surface area contributed by atoms with Crippen molar-refractivity contribution < 1.29 is 9.31 Å². The van der Waals surface area contributed by atoms with Crippen molar-refractivity contribution >= 4 is 18.2 Å². The van der Waals surface area contributed by atoms with E-state index in [2.05, 4.69) is 10.2 Å². The lowest BCUT2D eigenvalue weighted by Crippen LogP contribution is -2.41. The van der Waals surface area contributed by atoms with Crippen molar-refractivity contribution in [2.45, 2.75) is 45.8 Å². The van der Waals surface area contributed by atoms with Crippen LogP contribution in [0.2, 0.25) is 0 Å². The van der Waals surface area contributed by atoms with E-state index < -0.39 is 7.12 Å². The van der Waals surface area contributed by atoms with E-state index in [1.54, 1.807) is 0 Å². The Morgan fingerprint density at radius 2 is 1.74 bits per heavy atom. The lowest BCUT2D eigenvalue weighted by atomic mass is 9.80. The van der Waals surface area contributed by atoms with Crippen molar-refractivity contribution in [3.63, 3.8) is 0 Å². The van der Waals surface area contributed by atoms with Crippen LogP contribution in [-0.2, 0) is 9.31 Å². The van der Waals surface area contributed by atoms with Crippen LogP contribution in [0.15, 0.2) is 18.3 Å². The van der Waals surface area contributed by atoms with Crippen LogP contribution in [0.3, 0.4) is 0 Å². The first kappa shape index (κ1) is 12.6. The highest BCUT2D eigenvalue weighted by Gasteiger charge is 2.52. The maximum atomic E-state index is 6.06. The molecule has 0 radical (unpaired) electrons. The lowest BCUT2D eigenvalue weighted by molar-refractivity contribution is 0.00578. The summed E-state index contributed by atoms with van der Waals surface area (Å²) in [5.74, 6) is 0.855. The Labute approximate surface area is 113 Å². The Kier molecular flexibility index (Phi) is 2.53. The second kappa shape index (κ2) is 3.80. The second-order valence-electron chi connectivity index (χ2n) is 5.99. The van der Waals surface area contributed by atoms with Gasteiger partial charge in [-0.25, -0.2) is 0 Å². The molecule has 1 fully saturated rings. The van der Waals surface area contributed by atoms with Crippen LogP contribution in [0.5, 0.6) is 0 Å². The van der Waals surface area contributed by atoms with Crippen LogP contribution < -0.4 is 5.46 Å². The number of nitrogens with zero attached hydrogens (tertiary/aromatic N) is 3. The monoisotopic (exact) mass is 259 g/mol. The predicted molar refractivity (Wildman–Crippen MR) is 73.4 cm³/mol. The zero-order chi connectivity index (χ0) is 13.8. The van der Waals surface area contributed by atoms with Crippen LogP contribution in [0.4, 0.5) is 0 Å². The van der Waals surface area contributed by atoms with Crippen LogP contribution in [0.25, 0.3) is 5.65 Å². The summed E-state index contributed by atoms with van der Waals surface area (Å²) in [4.78, 5) is 0. The summed E-state index contributed by atoms with van der Waals surface area (Å²) in [7, 11) is -0.405. The summed E-state index contributed by atoms with van der Waals surface area (Å²) < 4.78 is 14.1. The third kappa shape index (κ3) is 1.78. The molecule has 0 aliphatic carbocycles.